The van der Waals surface area contributed by atoms with E-state index in [-0.39, 0.29) is 12.1 Å². The summed E-state index contributed by atoms with van der Waals surface area (Å²) in [4.78, 5) is 28.2. The van der Waals surface area contributed by atoms with Gasteiger partial charge in [0.15, 0.2) is 17.5 Å². The molecular formula is C20H19N7O2. The number of imidazole rings is 1. The summed E-state index contributed by atoms with van der Waals surface area (Å²) in [5.41, 5.74) is 3.54. The van der Waals surface area contributed by atoms with Crippen molar-refractivity contribution in [1.82, 2.24) is 34.2 Å². The lowest BCUT2D eigenvalue weighted by atomic mass is 10.1. The Balaban J connectivity index is 0.000000132. The molecule has 4 aromatic rings. The van der Waals surface area contributed by atoms with Gasteiger partial charge in [0.1, 0.15) is 12.9 Å². The Morgan fingerprint density at radius 1 is 1.24 bits per heavy atom. The third-order valence-electron chi connectivity index (χ3n) is 5.32. The van der Waals surface area contributed by atoms with Crippen LogP contribution in [-0.2, 0) is 13.6 Å². The molecule has 0 amide bonds. The standard InChI is InChI=1S/C11H11N.C9H8N6O2/c1-2-8(7-12-3-1)9-4-10-6-11(10)5-9;1-14-4-11-8-7(14)9(16)15(5-12-8)2-6-10-3-13-17-6/h1-4,7,10-11H,5-6H2;3-5H,2H2,1H3/t10-,11+;/m1./s1. The average Bonchev–Trinajstić information content (AvgIpc) is 3.15. The molecule has 0 unspecified atom stereocenters. The zero-order valence-electron chi connectivity index (χ0n) is 15.8. The van der Waals surface area contributed by atoms with Crippen LogP contribution >= 0.6 is 0 Å². The Morgan fingerprint density at radius 2 is 2.14 bits per heavy atom. The summed E-state index contributed by atoms with van der Waals surface area (Å²) >= 11 is 0. The molecule has 0 saturated heterocycles. The number of nitrogens with zero attached hydrogens (tertiary/aromatic N) is 7. The van der Waals surface area contributed by atoms with Crippen LogP contribution in [0.1, 0.15) is 24.3 Å². The van der Waals surface area contributed by atoms with Gasteiger partial charge in [-0.1, -0.05) is 17.3 Å². The van der Waals surface area contributed by atoms with Crippen molar-refractivity contribution in [3.8, 4) is 0 Å². The predicted octanol–water partition coefficient (Wildman–Crippen LogP) is 2.07. The van der Waals surface area contributed by atoms with Crippen molar-refractivity contribution >= 4 is 16.7 Å². The Hall–Kier alpha value is -3.62. The summed E-state index contributed by atoms with van der Waals surface area (Å²) < 4.78 is 7.88. The monoisotopic (exact) mass is 389 g/mol. The van der Waals surface area contributed by atoms with Crippen LogP contribution in [0.15, 0.2) is 58.9 Å². The molecule has 9 heteroatoms. The van der Waals surface area contributed by atoms with Crippen LogP contribution in [0.3, 0.4) is 0 Å². The van der Waals surface area contributed by atoms with Crippen molar-refractivity contribution in [3.63, 3.8) is 0 Å². The molecule has 0 bridgehead atoms. The highest BCUT2D eigenvalue weighted by molar-refractivity contribution is 5.69. The van der Waals surface area contributed by atoms with E-state index < -0.39 is 0 Å². The normalized spacial score (nSPS) is 19.4. The number of hydrogen-bond acceptors (Lipinski definition) is 7. The lowest BCUT2D eigenvalue weighted by Gasteiger charge is -2.01. The van der Waals surface area contributed by atoms with E-state index in [0.29, 0.717) is 17.1 Å². The summed E-state index contributed by atoms with van der Waals surface area (Å²) in [7, 11) is 1.75. The molecule has 0 spiro atoms. The van der Waals surface area contributed by atoms with Crippen LogP contribution in [-0.4, -0.2) is 34.2 Å². The van der Waals surface area contributed by atoms with Gasteiger partial charge in [-0.2, -0.15) is 4.98 Å². The van der Waals surface area contributed by atoms with Crippen LogP contribution < -0.4 is 5.56 Å². The molecule has 0 aromatic carbocycles. The van der Waals surface area contributed by atoms with Crippen molar-refractivity contribution in [2.75, 3.05) is 0 Å². The summed E-state index contributed by atoms with van der Waals surface area (Å²) in [6, 6.07) is 4.17. The molecule has 0 radical (unpaired) electrons. The summed E-state index contributed by atoms with van der Waals surface area (Å²) in [5.74, 6) is 2.26. The summed E-state index contributed by atoms with van der Waals surface area (Å²) in [5, 5.41) is 3.48. The van der Waals surface area contributed by atoms with Crippen LogP contribution in [0.25, 0.3) is 16.7 Å². The molecule has 9 nitrogen and oxygen atoms in total. The second-order valence-corrected chi connectivity index (χ2v) is 7.34. The van der Waals surface area contributed by atoms with Crippen molar-refractivity contribution in [3.05, 3.63) is 71.4 Å². The zero-order valence-corrected chi connectivity index (χ0v) is 15.8. The van der Waals surface area contributed by atoms with Gasteiger partial charge in [-0.15, -0.1) is 0 Å². The molecule has 2 atom stereocenters. The smallest absolute Gasteiger partial charge is 0.280 e. The first-order valence-corrected chi connectivity index (χ1v) is 9.42. The first-order chi connectivity index (χ1) is 14.2. The van der Waals surface area contributed by atoms with Crippen molar-refractivity contribution in [2.24, 2.45) is 18.9 Å². The Labute approximate surface area is 165 Å². The lowest BCUT2D eigenvalue weighted by Crippen LogP contribution is -2.22. The highest BCUT2D eigenvalue weighted by Crippen LogP contribution is 2.52. The average molecular weight is 389 g/mol. The highest BCUT2D eigenvalue weighted by Gasteiger charge is 2.40. The minimum Gasteiger partial charge on any atom is -0.338 e. The van der Waals surface area contributed by atoms with Gasteiger partial charge in [-0.25, -0.2) is 9.97 Å². The Morgan fingerprint density at radius 3 is 2.86 bits per heavy atom. The summed E-state index contributed by atoms with van der Waals surface area (Å²) in [6.07, 6.45) is 13.2. The number of pyridine rings is 1. The zero-order chi connectivity index (χ0) is 19.8. The highest BCUT2D eigenvalue weighted by atomic mass is 16.5. The molecule has 1 fully saturated rings. The predicted molar refractivity (Wildman–Crippen MR) is 105 cm³/mol. The molecule has 29 heavy (non-hydrogen) atoms. The van der Waals surface area contributed by atoms with E-state index in [2.05, 4.69) is 37.2 Å². The number of rotatable bonds is 3. The van der Waals surface area contributed by atoms with E-state index in [1.54, 1.807) is 17.9 Å². The fourth-order valence-corrected chi connectivity index (χ4v) is 3.68. The van der Waals surface area contributed by atoms with Gasteiger partial charge in [0.2, 0.25) is 5.89 Å². The second-order valence-electron chi connectivity index (χ2n) is 7.34. The van der Waals surface area contributed by atoms with Gasteiger partial charge in [0.25, 0.3) is 5.56 Å². The van der Waals surface area contributed by atoms with Crippen molar-refractivity contribution in [1.29, 1.82) is 0 Å². The maximum Gasteiger partial charge on any atom is 0.280 e. The molecule has 146 valence electrons. The molecule has 1 saturated carbocycles. The molecule has 0 N–H and O–H groups in total. The second kappa shape index (κ2) is 7.08. The fraction of sp³-hybridized carbons (Fsp3) is 0.300. The molecular weight excluding hydrogens is 370 g/mol. The number of aryl methyl sites for hydroxylation is 1. The van der Waals surface area contributed by atoms with Gasteiger partial charge < -0.3 is 9.09 Å². The number of allylic oxidation sites excluding steroid dienone is 2. The van der Waals surface area contributed by atoms with Gasteiger partial charge in [0.05, 0.1) is 6.33 Å². The Kier molecular flexibility index (Phi) is 4.27. The third kappa shape index (κ3) is 3.46. The maximum atomic E-state index is 12.1. The van der Waals surface area contributed by atoms with Crippen LogP contribution in [0.4, 0.5) is 0 Å². The number of hydrogen-bond donors (Lipinski definition) is 0. The van der Waals surface area contributed by atoms with Gasteiger partial charge in [-0.3, -0.25) is 14.3 Å². The molecule has 2 aliphatic rings. The third-order valence-corrected chi connectivity index (χ3v) is 5.32. The quantitative estimate of drug-likeness (QED) is 0.528. The summed E-state index contributed by atoms with van der Waals surface area (Å²) in [6.45, 7) is 0.201. The molecule has 6 rings (SSSR count). The van der Waals surface area contributed by atoms with Crippen LogP contribution in [0.5, 0.6) is 0 Å². The van der Waals surface area contributed by atoms with Crippen molar-refractivity contribution < 1.29 is 4.52 Å². The van der Waals surface area contributed by atoms with E-state index in [9.17, 15) is 4.79 Å². The molecule has 0 aliphatic heterocycles. The topological polar surface area (TPSA) is 105 Å². The first kappa shape index (κ1) is 17.5. The minimum atomic E-state index is -0.187. The minimum absolute atomic E-state index is 0.187. The van der Waals surface area contributed by atoms with Crippen molar-refractivity contribution in [2.45, 2.75) is 19.4 Å². The maximum absolute atomic E-state index is 12.1. The lowest BCUT2D eigenvalue weighted by molar-refractivity contribution is 0.368. The molecule has 2 aliphatic carbocycles. The van der Waals surface area contributed by atoms with E-state index in [1.807, 2.05) is 18.5 Å². The first-order valence-electron chi connectivity index (χ1n) is 9.42. The van der Waals surface area contributed by atoms with Gasteiger partial charge in [0, 0.05) is 19.4 Å². The fourth-order valence-electron chi connectivity index (χ4n) is 3.68. The Bertz CT molecular complexity index is 1220. The number of aromatic nitrogens is 7. The van der Waals surface area contributed by atoms with Crippen LogP contribution in [0.2, 0.25) is 0 Å². The SMILES string of the molecule is C1=C(c2cccnc2)C[C@H]2C[C@@H]12.Cn1cnc2ncn(Cc3ncno3)c(=O)c21. The van der Waals surface area contributed by atoms with E-state index in [0.717, 1.165) is 11.8 Å². The van der Waals surface area contributed by atoms with E-state index in [1.165, 1.54) is 41.2 Å². The molecule has 4 heterocycles. The largest absolute Gasteiger partial charge is 0.338 e. The van der Waals surface area contributed by atoms with Gasteiger partial charge in [-0.05, 0) is 41.9 Å². The number of fused-ring (bicyclic) bond motifs is 2. The van der Waals surface area contributed by atoms with E-state index in [4.69, 9.17) is 4.52 Å². The molecule has 4 aromatic heterocycles. The van der Waals surface area contributed by atoms with Gasteiger partial charge >= 0.3 is 0 Å². The van der Waals surface area contributed by atoms with E-state index >= 15 is 0 Å². The van der Waals surface area contributed by atoms with Crippen LogP contribution in [0, 0.1) is 11.8 Å².